The second-order valence-corrected chi connectivity index (χ2v) is 18.2. The molecule has 0 aliphatic heterocycles. The lowest BCUT2D eigenvalue weighted by atomic mass is 9.68. The van der Waals surface area contributed by atoms with E-state index in [0.29, 0.717) is 0 Å². The Bertz CT molecular complexity index is 4120. The molecule has 0 saturated carbocycles. The van der Waals surface area contributed by atoms with Crippen LogP contribution in [0.5, 0.6) is 0 Å². The Morgan fingerprint density at radius 3 is 1.39 bits per heavy atom. The third kappa shape index (κ3) is 4.59. The van der Waals surface area contributed by atoms with Gasteiger partial charge in [-0.25, -0.2) is 0 Å². The topological polar surface area (TPSA) is 4.93 Å². The van der Waals surface area contributed by atoms with Crippen LogP contribution in [0.25, 0.3) is 115 Å². The van der Waals surface area contributed by atoms with Crippen molar-refractivity contribution in [3.63, 3.8) is 0 Å². The van der Waals surface area contributed by atoms with Crippen LogP contribution in [0.4, 0.5) is 0 Å². The molecule has 0 N–H and O–H groups in total. The van der Waals surface area contributed by atoms with Gasteiger partial charge >= 0.3 is 0 Å². The molecule has 1 aromatic heterocycles. The molecular weight excluding hydrogens is 795 g/mol. The van der Waals surface area contributed by atoms with Gasteiger partial charge in [-0.05, 0) is 146 Å². The number of rotatable bonds is 3. The van der Waals surface area contributed by atoms with Gasteiger partial charge in [0.15, 0.2) is 0 Å². The van der Waals surface area contributed by atoms with Crippen LogP contribution in [0.3, 0.4) is 0 Å². The molecule has 0 unspecified atom stereocenters. The highest BCUT2D eigenvalue weighted by Gasteiger charge is 2.53. The fraction of sp³-hybridized carbons (Fsp3) is 0.0154. The Morgan fingerprint density at radius 1 is 0.273 bits per heavy atom. The van der Waals surface area contributed by atoms with Crippen molar-refractivity contribution in [2.24, 2.45) is 0 Å². The van der Waals surface area contributed by atoms with E-state index in [1.165, 1.54) is 137 Å². The first-order chi connectivity index (χ1) is 32.8. The van der Waals surface area contributed by atoms with Gasteiger partial charge in [-0.3, -0.25) is 0 Å². The summed E-state index contributed by atoms with van der Waals surface area (Å²) >= 11 is 0. The average Bonchev–Trinajstić information content (AvgIpc) is 4.00. The molecule has 2 aliphatic rings. The van der Waals surface area contributed by atoms with Crippen LogP contribution in [0.2, 0.25) is 0 Å². The molecule has 66 heavy (non-hydrogen) atoms. The summed E-state index contributed by atoms with van der Waals surface area (Å²) in [5, 5.41) is 12.7. The van der Waals surface area contributed by atoms with Crippen molar-refractivity contribution < 1.29 is 0 Å². The number of hydrogen-bond donors (Lipinski definition) is 0. The Kier molecular flexibility index (Phi) is 7.21. The lowest BCUT2D eigenvalue weighted by Gasteiger charge is -2.32. The van der Waals surface area contributed by atoms with E-state index in [1.54, 1.807) is 0 Å². The Balaban J connectivity index is 0.977. The van der Waals surface area contributed by atoms with Gasteiger partial charge in [-0.2, -0.15) is 0 Å². The zero-order valence-corrected chi connectivity index (χ0v) is 36.0. The van der Waals surface area contributed by atoms with Gasteiger partial charge in [-0.1, -0.05) is 200 Å². The summed E-state index contributed by atoms with van der Waals surface area (Å²) in [4.78, 5) is 0. The monoisotopic (exact) mass is 833 g/mol. The van der Waals surface area contributed by atoms with E-state index in [-0.39, 0.29) is 0 Å². The van der Waals surface area contributed by atoms with E-state index in [9.17, 15) is 0 Å². The maximum absolute atomic E-state index is 2.47. The average molecular weight is 834 g/mol. The molecule has 0 bridgehead atoms. The molecule has 12 aromatic carbocycles. The second-order valence-electron chi connectivity index (χ2n) is 18.2. The first-order valence-electron chi connectivity index (χ1n) is 23.1. The molecule has 1 heteroatoms. The van der Waals surface area contributed by atoms with Crippen LogP contribution in [-0.2, 0) is 5.41 Å². The van der Waals surface area contributed by atoms with Gasteiger partial charge in [0.25, 0.3) is 0 Å². The highest BCUT2D eigenvalue weighted by atomic mass is 15.0. The summed E-state index contributed by atoms with van der Waals surface area (Å²) in [5.41, 5.74) is 19.0. The molecule has 0 radical (unpaired) electrons. The Labute approximate surface area is 382 Å². The summed E-state index contributed by atoms with van der Waals surface area (Å²) in [5.74, 6) is 0. The first kappa shape index (κ1) is 35.9. The van der Waals surface area contributed by atoms with Gasteiger partial charge in [0.2, 0.25) is 0 Å². The standard InChI is InChI=1S/C65H39N/c1-2-17-44(18-3-1)66-59-29-15-12-22-49(59)56-39-43(33-37-60(56)66)62-52-25-8-6-23-50(52)61(51-24-7-9-26-53(51)62)42-32-34-46-41(38-42)31-36-55-54-35-30-40-16-4-5-19-45(40)63(54)65(64(46)55)57-27-13-10-20-47(57)48-21-11-14-28-58(48)65/h1-39H. The minimum absolute atomic E-state index is 0.463. The van der Waals surface area contributed by atoms with Gasteiger partial charge in [-0.15, -0.1) is 0 Å². The highest BCUT2D eigenvalue weighted by molar-refractivity contribution is 6.23. The van der Waals surface area contributed by atoms with E-state index >= 15 is 0 Å². The highest BCUT2D eigenvalue weighted by Crippen LogP contribution is 2.65. The van der Waals surface area contributed by atoms with Crippen molar-refractivity contribution in [2.75, 3.05) is 0 Å². The molecule has 1 spiro atoms. The summed E-state index contributed by atoms with van der Waals surface area (Å²) in [7, 11) is 0. The second kappa shape index (κ2) is 13.3. The maximum Gasteiger partial charge on any atom is 0.0737 e. The minimum Gasteiger partial charge on any atom is -0.309 e. The summed E-state index contributed by atoms with van der Waals surface area (Å²) < 4.78 is 2.40. The molecule has 0 atom stereocenters. The molecular formula is C65H39N. The Hall–Kier alpha value is -8.52. The number of aromatic nitrogens is 1. The molecule has 1 nitrogen and oxygen atoms in total. The molecule has 13 aromatic rings. The summed E-state index contributed by atoms with van der Waals surface area (Å²) in [6.45, 7) is 0. The van der Waals surface area contributed by atoms with E-state index in [4.69, 9.17) is 0 Å². The molecule has 15 rings (SSSR count). The number of benzene rings is 12. The number of hydrogen-bond acceptors (Lipinski definition) is 0. The van der Waals surface area contributed by atoms with Crippen molar-refractivity contribution >= 4 is 64.9 Å². The van der Waals surface area contributed by atoms with Crippen LogP contribution in [0.1, 0.15) is 22.3 Å². The van der Waals surface area contributed by atoms with Gasteiger partial charge < -0.3 is 4.57 Å². The predicted octanol–water partition coefficient (Wildman–Crippen LogP) is 17.1. The maximum atomic E-state index is 2.47. The van der Waals surface area contributed by atoms with Crippen molar-refractivity contribution in [1.29, 1.82) is 0 Å². The van der Waals surface area contributed by atoms with E-state index in [0.717, 1.165) is 0 Å². The van der Waals surface area contributed by atoms with Gasteiger partial charge in [0.05, 0.1) is 16.4 Å². The van der Waals surface area contributed by atoms with Crippen LogP contribution in [0.15, 0.2) is 237 Å². The van der Waals surface area contributed by atoms with Crippen LogP contribution in [-0.4, -0.2) is 4.57 Å². The lowest BCUT2D eigenvalue weighted by molar-refractivity contribution is 0.809. The van der Waals surface area contributed by atoms with Crippen molar-refractivity contribution in [1.82, 2.24) is 4.57 Å². The number of para-hydroxylation sites is 2. The van der Waals surface area contributed by atoms with E-state index < -0.39 is 5.41 Å². The SMILES string of the molecule is c1ccc(-n2c3ccccc3c3cc(-c4c5ccccc5c(-c5ccc6c7c(ccc6c5)-c5ccc6ccccc6c5C75c6ccccc6-c6ccccc65)c5ccccc45)ccc32)cc1. The molecule has 1 heterocycles. The van der Waals surface area contributed by atoms with Crippen LogP contribution in [0, 0.1) is 0 Å². The van der Waals surface area contributed by atoms with Gasteiger partial charge in [0.1, 0.15) is 0 Å². The summed E-state index contributed by atoms with van der Waals surface area (Å²) in [6, 6.07) is 88.9. The Morgan fingerprint density at radius 2 is 0.742 bits per heavy atom. The smallest absolute Gasteiger partial charge is 0.0737 e. The zero-order chi connectivity index (χ0) is 43.1. The molecule has 0 fully saturated rings. The largest absolute Gasteiger partial charge is 0.309 e. The fourth-order valence-electron chi connectivity index (χ4n) is 12.6. The zero-order valence-electron chi connectivity index (χ0n) is 36.0. The number of fused-ring (bicyclic) bond motifs is 19. The van der Waals surface area contributed by atoms with Crippen molar-refractivity contribution in [3.8, 4) is 50.2 Å². The quantitative estimate of drug-likeness (QED) is 0.156. The van der Waals surface area contributed by atoms with Gasteiger partial charge in [0, 0.05) is 16.5 Å². The fourth-order valence-corrected chi connectivity index (χ4v) is 12.6. The minimum atomic E-state index is -0.463. The van der Waals surface area contributed by atoms with Crippen molar-refractivity contribution in [3.05, 3.63) is 259 Å². The molecule has 2 aliphatic carbocycles. The van der Waals surface area contributed by atoms with Crippen molar-refractivity contribution in [2.45, 2.75) is 5.41 Å². The normalized spacial score (nSPS) is 13.3. The van der Waals surface area contributed by atoms with E-state index in [2.05, 4.69) is 241 Å². The molecule has 0 amide bonds. The number of nitrogens with zero attached hydrogens (tertiary/aromatic N) is 1. The molecule has 0 saturated heterocycles. The summed E-state index contributed by atoms with van der Waals surface area (Å²) in [6.07, 6.45) is 0. The van der Waals surface area contributed by atoms with Crippen LogP contribution >= 0.6 is 0 Å². The predicted molar refractivity (Wildman–Crippen MR) is 278 cm³/mol. The third-order valence-electron chi connectivity index (χ3n) is 15.1. The lowest BCUT2D eigenvalue weighted by Crippen LogP contribution is -2.26. The first-order valence-corrected chi connectivity index (χ1v) is 23.1. The van der Waals surface area contributed by atoms with E-state index in [1.807, 2.05) is 0 Å². The third-order valence-corrected chi connectivity index (χ3v) is 15.1. The van der Waals surface area contributed by atoms with Crippen LogP contribution < -0.4 is 0 Å². The molecule has 304 valence electrons.